The number of benzene rings is 1. The number of ether oxygens (including phenoxy) is 1. The molecule has 5 aromatic rings. The maximum Gasteiger partial charge on any atom is 0.270 e. The van der Waals surface area contributed by atoms with E-state index in [1.165, 1.54) is 25.6 Å². The lowest BCUT2D eigenvalue weighted by molar-refractivity contribution is 0.0944. The average molecular weight is 667 g/mol. The Balaban J connectivity index is 1.16. The van der Waals surface area contributed by atoms with Crippen LogP contribution in [0.4, 0.5) is 14.5 Å². The molecule has 0 aliphatic carbocycles. The van der Waals surface area contributed by atoms with E-state index in [-0.39, 0.29) is 29.7 Å². The number of imidazole rings is 1. The van der Waals surface area contributed by atoms with Crippen LogP contribution in [0.15, 0.2) is 66.1 Å². The maximum absolute atomic E-state index is 14.3. The first-order chi connectivity index (χ1) is 22.6. The van der Waals surface area contributed by atoms with Crippen LogP contribution in [0.5, 0.6) is 5.88 Å². The third-order valence-corrected chi connectivity index (χ3v) is 9.20. The van der Waals surface area contributed by atoms with Gasteiger partial charge in [-0.25, -0.2) is 27.2 Å². The van der Waals surface area contributed by atoms with Crippen molar-refractivity contribution in [2.45, 2.75) is 18.0 Å². The number of carbonyl (C=O) groups is 1. The molecule has 246 valence electrons. The van der Waals surface area contributed by atoms with Gasteiger partial charge in [0.1, 0.15) is 39.3 Å². The van der Waals surface area contributed by atoms with E-state index in [1.54, 1.807) is 27.4 Å². The molecule has 5 heterocycles. The number of hydrogen-bond donors (Lipinski definition) is 2. The number of hydrogen-bond acceptors (Lipinski definition) is 10. The summed E-state index contributed by atoms with van der Waals surface area (Å²) < 4.78 is 64.4. The fraction of sp³-hybridized carbons (Fsp3) is 0.300. The summed E-state index contributed by atoms with van der Waals surface area (Å²) in [4.78, 5) is 25.7. The standard InChI is InChI=1S/C30H32F2N10O4S/c1-39-7-9-40(10-8-39)11-12-41-19-23(36-38-41)16-34-29(43)26-17-33-28-6-3-20(18-42(26)28)21-13-25(30(46-2)35-15-21)37-47(44,45)27-5-4-22(31)14-24(27)32/h3-6,13-15,17-19,37H,7-12,16H2,1-2H3,(H,34,43). The Hall–Kier alpha value is -5.00. The normalized spacial score (nSPS) is 14.4. The number of halogens is 2. The van der Waals surface area contributed by atoms with Crippen molar-refractivity contribution in [3.63, 3.8) is 0 Å². The number of piperazine rings is 1. The van der Waals surface area contributed by atoms with Gasteiger partial charge >= 0.3 is 0 Å². The minimum atomic E-state index is -4.47. The lowest BCUT2D eigenvalue weighted by Gasteiger charge is -2.32. The van der Waals surface area contributed by atoms with Gasteiger partial charge in [0, 0.05) is 62.3 Å². The highest BCUT2D eigenvalue weighted by Gasteiger charge is 2.23. The molecule has 4 aromatic heterocycles. The second-order valence-corrected chi connectivity index (χ2v) is 12.7. The molecule has 2 N–H and O–H groups in total. The van der Waals surface area contributed by atoms with Gasteiger partial charge in [-0.1, -0.05) is 5.21 Å². The average Bonchev–Trinajstić information content (AvgIpc) is 3.70. The van der Waals surface area contributed by atoms with Crippen molar-refractivity contribution in [3.8, 4) is 17.0 Å². The summed E-state index contributed by atoms with van der Waals surface area (Å²) in [5.74, 6) is -2.61. The Morgan fingerprint density at radius 3 is 2.55 bits per heavy atom. The third kappa shape index (κ3) is 7.21. The van der Waals surface area contributed by atoms with Crippen molar-refractivity contribution in [1.29, 1.82) is 0 Å². The minimum absolute atomic E-state index is 0.0696. The van der Waals surface area contributed by atoms with Crippen LogP contribution < -0.4 is 14.8 Å². The van der Waals surface area contributed by atoms with E-state index >= 15 is 0 Å². The van der Waals surface area contributed by atoms with E-state index in [0.29, 0.717) is 35.1 Å². The quantitative estimate of drug-likeness (QED) is 0.215. The molecule has 0 bridgehead atoms. The molecule has 1 fully saturated rings. The summed E-state index contributed by atoms with van der Waals surface area (Å²) in [6.07, 6.45) is 6.38. The van der Waals surface area contributed by atoms with Gasteiger partial charge in [0.2, 0.25) is 5.88 Å². The second-order valence-electron chi connectivity index (χ2n) is 11.1. The van der Waals surface area contributed by atoms with Gasteiger partial charge in [0.15, 0.2) is 0 Å². The topological polar surface area (TPSA) is 152 Å². The van der Waals surface area contributed by atoms with Crippen molar-refractivity contribution in [1.82, 2.24) is 44.5 Å². The molecule has 1 aliphatic rings. The Labute approximate surface area is 269 Å². The van der Waals surface area contributed by atoms with Gasteiger partial charge in [0.05, 0.1) is 32.6 Å². The fourth-order valence-electron chi connectivity index (χ4n) is 5.16. The first-order valence-corrected chi connectivity index (χ1v) is 16.2. The largest absolute Gasteiger partial charge is 0.480 e. The van der Waals surface area contributed by atoms with E-state index in [9.17, 15) is 22.0 Å². The zero-order chi connectivity index (χ0) is 33.1. The van der Waals surface area contributed by atoms with E-state index in [2.05, 4.69) is 47.2 Å². The van der Waals surface area contributed by atoms with Crippen molar-refractivity contribution in [2.24, 2.45) is 0 Å². The van der Waals surface area contributed by atoms with E-state index in [0.717, 1.165) is 44.9 Å². The Morgan fingerprint density at radius 2 is 1.79 bits per heavy atom. The highest BCUT2D eigenvalue weighted by atomic mass is 32.2. The second kappa shape index (κ2) is 13.4. The predicted octanol–water partition coefficient (Wildman–Crippen LogP) is 2.25. The van der Waals surface area contributed by atoms with Crippen molar-refractivity contribution in [2.75, 3.05) is 51.6 Å². The third-order valence-electron chi connectivity index (χ3n) is 7.80. The Morgan fingerprint density at radius 1 is 0.979 bits per heavy atom. The molecule has 1 aromatic carbocycles. The molecule has 0 spiro atoms. The predicted molar refractivity (Wildman–Crippen MR) is 167 cm³/mol. The molecular weight excluding hydrogens is 634 g/mol. The zero-order valence-corrected chi connectivity index (χ0v) is 26.4. The van der Waals surface area contributed by atoms with Crippen LogP contribution in [0.3, 0.4) is 0 Å². The van der Waals surface area contributed by atoms with E-state index in [4.69, 9.17) is 4.74 Å². The van der Waals surface area contributed by atoms with Gasteiger partial charge in [-0.15, -0.1) is 5.10 Å². The molecule has 17 heteroatoms. The number of anilines is 1. The van der Waals surface area contributed by atoms with Gasteiger partial charge in [0.25, 0.3) is 15.9 Å². The number of carbonyl (C=O) groups excluding carboxylic acids is 1. The number of pyridine rings is 2. The molecule has 0 radical (unpaired) electrons. The van der Waals surface area contributed by atoms with Crippen LogP contribution in [0.2, 0.25) is 0 Å². The van der Waals surface area contributed by atoms with Crippen LogP contribution in [-0.2, 0) is 23.1 Å². The highest BCUT2D eigenvalue weighted by molar-refractivity contribution is 7.92. The molecular formula is C30H32F2N10O4S. The first-order valence-electron chi connectivity index (χ1n) is 14.7. The van der Waals surface area contributed by atoms with Crippen molar-refractivity contribution >= 4 is 27.3 Å². The van der Waals surface area contributed by atoms with Crippen LogP contribution in [0.1, 0.15) is 16.2 Å². The molecule has 1 aliphatic heterocycles. The lowest BCUT2D eigenvalue weighted by Crippen LogP contribution is -2.45. The monoisotopic (exact) mass is 666 g/mol. The number of amides is 1. The minimum Gasteiger partial charge on any atom is -0.480 e. The number of methoxy groups -OCH3 is 1. The van der Waals surface area contributed by atoms with Gasteiger partial charge < -0.3 is 15.0 Å². The summed E-state index contributed by atoms with van der Waals surface area (Å²) in [6, 6.07) is 7.03. The molecule has 0 unspecified atom stereocenters. The first kappa shape index (κ1) is 32.0. The number of nitrogens with one attached hydrogen (secondary N) is 2. The molecule has 6 rings (SSSR count). The van der Waals surface area contributed by atoms with Crippen molar-refractivity contribution in [3.05, 3.63) is 84.2 Å². The van der Waals surface area contributed by atoms with Gasteiger partial charge in [-0.3, -0.25) is 23.5 Å². The number of sulfonamides is 1. The summed E-state index contributed by atoms with van der Waals surface area (Å²) in [5.41, 5.74) is 2.33. The highest BCUT2D eigenvalue weighted by Crippen LogP contribution is 2.31. The number of rotatable bonds is 11. The van der Waals surface area contributed by atoms with Crippen LogP contribution in [0, 0.1) is 11.6 Å². The molecule has 1 amide bonds. The smallest absolute Gasteiger partial charge is 0.270 e. The number of fused-ring (bicyclic) bond motifs is 1. The summed E-state index contributed by atoms with van der Waals surface area (Å²) in [7, 11) is -1.05. The molecule has 1 saturated heterocycles. The van der Waals surface area contributed by atoms with Crippen LogP contribution >= 0.6 is 0 Å². The zero-order valence-electron chi connectivity index (χ0n) is 25.6. The maximum atomic E-state index is 14.3. The van der Waals surface area contributed by atoms with Crippen LogP contribution in [0.25, 0.3) is 16.8 Å². The molecule has 0 saturated carbocycles. The summed E-state index contributed by atoms with van der Waals surface area (Å²) in [6.45, 7) is 5.86. The molecule has 14 nitrogen and oxygen atoms in total. The lowest BCUT2D eigenvalue weighted by atomic mass is 10.1. The number of aromatic nitrogens is 6. The Bertz CT molecular complexity index is 2030. The van der Waals surface area contributed by atoms with Gasteiger partial charge in [-0.2, -0.15) is 0 Å². The number of nitrogens with zero attached hydrogens (tertiary/aromatic N) is 8. The fourth-order valence-corrected chi connectivity index (χ4v) is 6.27. The van der Waals surface area contributed by atoms with E-state index in [1.807, 2.05) is 6.20 Å². The molecule has 0 atom stereocenters. The number of likely N-dealkylation sites (N-methyl/N-ethyl adjacent to an activating group) is 1. The van der Waals surface area contributed by atoms with Gasteiger partial charge in [-0.05, 0) is 37.4 Å². The summed E-state index contributed by atoms with van der Waals surface area (Å²) in [5, 5.41) is 11.2. The van der Waals surface area contributed by atoms with Crippen LogP contribution in [-0.4, -0.2) is 100 Å². The van der Waals surface area contributed by atoms with Crippen molar-refractivity contribution < 1.29 is 26.7 Å². The summed E-state index contributed by atoms with van der Waals surface area (Å²) >= 11 is 0. The van der Waals surface area contributed by atoms with E-state index < -0.39 is 26.6 Å². The Kier molecular flexibility index (Phi) is 9.10. The SMILES string of the molecule is COc1ncc(-c2ccc3ncc(C(=O)NCc4cn(CCN5CCN(C)CC5)nn4)n3c2)cc1NS(=O)(=O)c1ccc(F)cc1F. The molecule has 47 heavy (non-hydrogen) atoms.